The third-order valence-electron chi connectivity index (χ3n) is 14.9. The number of likely N-dealkylation sites (tertiary alicyclic amines) is 1. The average molecular weight is 1250 g/mol. The van der Waals surface area contributed by atoms with Crippen molar-refractivity contribution in [3.05, 3.63) is 94.6 Å². The molecular formula is C61H79ClF2N10O12S. The maximum absolute atomic E-state index is 16.5. The van der Waals surface area contributed by atoms with Gasteiger partial charge < -0.3 is 69.4 Å². The molecule has 0 aliphatic carbocycles. The summed E-state index contributed by atoms with van der Waals surface area (Å²) >= 11 is 8.16. The van der Waals surface area contributed by atoms with Crippen molar-refractivity contribution in [2.45, 2.75) is 71.7 Å². The van der Waals surface area contributed by atoms with Crippen LogP contribution >= 0.6 is 22.9 Å². The molecule has 3 aromatic carbocycles. The molecule has 472 valence electrons. The summed E-state index contributed by atoms with van der Waals surface area (Å²) < 4.78 is 59.4. The second kappa shape index (κ2) is 32.4. The summed E-state index contributed by atoms with van der Waals surface area (Å²) in [5, 5.41) is 30.3. The number of aryl methyl sites for hydroxylation is 1. The number of nitrogens with one attached hydrogen (secondary N) is 3. The minimum atomic E-state index is -0.988. The van der Waals surface area contributed by atoms with E-state index in [1.165, 1.54) is 34.1 Å². The lowest BCUT2D eigenvalue weighted by molar-refractivity contribution is -0.144. The first kappa shape index (κ1) is 67.7. The summed E-state index contributed by atoms with van der Waals surface area (Å²) in [6.45, 7) is 16.7. The number of aromatic nitrogens is 3. The number of hydrogen-bond donors (Lipinski definition) is 5. The molecule has 87 heavy (non-hydrogen) atoms. The zero-order valence-corrected chi connectivity index (χ0v) is 51.7. The molecule has 2 aliphatic rings. The van der Waals surface area contributed by atoms with Gasteiger partial charge in [0.1, 0.15) is 35.6 Å². The van der Waals surface area contributed by atoms with E-state index < -0.39 is 58.4 Å². The van der Waals surface area contributed by atoms with E-state index in [9.17, 15) is 34.2 Å². The van der Waals surface area contributed by atoms with Crippen LogP contribution in [0, 0.1) is 24.0 Å². The molecule has 26 heteroatoms. The number of nitrogens with zero attached hydrogens (tertiary/aromatic N) is 7. The van der Waals surface area contributed by atoms with E-state index in [0.29, 0.717) is 65.0 Å². The molecule has 4 heterocycles. The minimum absolute atomic E-state index is 0.00111. The topological polar surface area (TPSA) is 260 Å². The number of aliphatic hydroxyl groups is 1. The van der Waals surface area contributed by atoms with Crippen LogP contribution in [0.4, 0.5) is 20.5 Å². The fourth-order valence-corrected chi connectivity index (χ4v) is 11.1. The van der Waals surface area contributed by atoms with Crippen LogP contribution in [-0.4, -0.2) is 213 Å². The van der Waals surface area contributed by atoms with Crippen molar-refractivity contribution in [2.75, 3.05) is 136 Å². The first-order valence-electron chi connectivity index (χ1n) is 28.9. The van der Waals surface area contributed by atoms with Crippen LogP contribution in [0.15, 0.2) is 66.7 Å². The van der Waals surface area contributed by atoms with Crippen molar-refractivity contribution in [3.8, 4) is 27.3 Å². The number of aliphatic hydroxyl groups excluding tert-OH is 1. The Bertz CT molecular complexity index is 3150. The summed E-state index contributed by atoms with van der Waals surface area (Å²) in [6.07, 6.45) is 0.490. The number of benzene rings is 3. The van der Waals surface area contributed by atoms with E-state index in [0.717, 1.165) is 27.8 Å². The van der Waals surface area contributed by atoms with Crippen molar-refractivity contribution in [2.24, 2.45) is 5.41 Å². The number of hydrogen-bond acceptors (Lipinski definition) is 19. The minimum Gasteiger partial charge on any atom is -0.507 e. The zero-order valence-electron chi connectivity index (χ0n) is 50.1. The number of Topliss-reactive ketones (excluding diaryl/α,β-unsaturated/α-hetero) is 1. The summed E-state index contributed by atoms with van der Waals surface area (Å²) in [7, 11) is 1.64. The molecule has 2 saturated heterocycles. The number of rotatable bonds is 32. The molecule has 0 unspecified atom stereocenters. The molecule has 0 saturated carbocycles. The normalized spacial score (nSPS) is 16.0. The molecule has 5 aromatic rings. The van der Waals surface area contributed by atoms with Gasteiger partial charge in [-0.05, 0) is 54.7 Å². The van der Waals surface area contributed by atoms with Gasteiger partial charge in [-0.2, -0.15) is 4.98 Å². The Morgan fingerprint density at radius 1 is 0.908 bits per heavy atom. The van der Waals surface area contributed by atoms with Gasteiger partial charge in [-0.25, -0.2) is 18.7 Å². The van der Waals surface area contributed by atoms with Crippen molar-refractivity contribution in [1.82, 2.24) is 40.3 Å². The van der Waals surface area contributed by atoms with Gasteiger partial charge in [0.05, 0.1) is 105 Å². The van der Waals surface area contributed by atoms with Crippen molar-refractivity contribution >= 4 is 75.0 Å². The maximum Gasteiger partial charge on any atom is 0.246 e. The summed E-state index contributed by atoms with van der Waals surface area (Å²) in [5.41, 5.74) is 3.16. The van der Waals surface area contributed by atoms with E-state index in [4.69, 9.17) is 35.3 Å². The summed E-state index contributed by atoms with van der Waals surface area (Å²) in [4.78, 5) is 86.9. The number of phenols is 1. The molecule has 7 rings (SSSR count). The molecule has 4 amide bonds. The quantitative estimate of drug-likeness (QED) is 0.0246. The van der Waals surface area contributed by atoms with Crippen LogP contribution in [0.25, 0.3) is 32.5 Å². The SMILES string of the molecule is C=CC(=O)N1CCN(c2nc(NCCC(=O)N(C)CCOCCOCCOCCOCCOCC(=O)N[C@H](C(=O)N3C[C@H](O)C[C@H]3C(=O)CN[C@@H](C)c3ccc(-c4scnc4C)cc3)C(C)(C)C)nc3c(F)c(-c4c(O)cccc4F)c(Cl)cc23)CC1. The molecule has 0 radical (unpaired) electrons. The molecule has 0 bridgehead atoms. The second-order valence-electron chi connectivity index (χ2n) is 22.2. The smallest absolute Gasteiger partial charge is 0.246 e. The second-order valence-corrected chi connectivity index (χ2v) is 23.4. The number of carbonyl (C=O) groups excluding carboxylic acids is 5. The van der Waals surface area contributed by atoms with E-state index in [2.05, 4.69) is 37.5 Å². The number of likely N-dealkylation sites (N-methyl/N-ethyl adjacent to an activating group) is 1. The molecule has 5 N–H and O–H groups in total. The lowest BCUT2D eigenvalue weighted by atomic mass is 9.85. The van der Waals surface area contributed by atoms with E-state index in [-0.39, 0.29) is 123 Å². The highest BCUT2D eigenvalue weighted by Crippen LogP contribution is 2.43. The van der Waals surface area contributed by atoms with Gasteiger partial charge in [0.15, 0.2) is 11.6 Å². The van der Waals surface area contributed by atoms with Crippen LogP contribution in [0.1, 0.15) is 57.8 Å². The van der Waals surface area contributed by atoms with Crippen molar-refractivity contribution < 1.29 is 66.7 Å². The number of carbonyl (C=O) groups is 5. The van der Waals surface area contributed by atoms with Crippen LogP contribution < -0.4 is 20.9 Å². The Balaban J connectivity index is 0.730. The van der Waals surface area contributed by atoms with Gasteiger partial charge >= 0.3 is 0 Å². The van der Waals surface area contributed by atoms with Crippen LogP contribution in [0.3, 0.4) is 0 Å². The molecule has 22 nitrogen and oxygen atoms in total. The number of fused-ring (bicyclic) bond motifs is 1. The molecule has 2 aliphatic heterocycles. The lowest BCUT2D eigenvalue weighted by Gasteiger charge is -2.35. The highest BCUT2D eigenvalue weighted by molar-refractivity contribution is 7.13. The number of phenolic OH excluding ortho intramolecular Hbond substituents is 1. The number of aromatic hydroxyl groups is 1. The molecule has 0 spiro atoms. The number of ketones is 1. The van der Waals surface area contributed by atoms with E-state index >= 15 is 8.78 Å². The number of β-amino-alcohol motifs (C(OH)–C–C–N with tert-alkyl or cyclic N) is 1. The number of piperazine rings is 1. The third-order valence-corrected chi connectivity index (χ3v) is 16.1. The number of halogens is 3. The van der Waals surface area contributed by atoms with Gasteiger partial charge in [-0.3, -0.25) is 24.0 Å². The molecule has 2 fully saturated rings. The van der Waals surface area contributed by atoms with Gasteiger partial charge in [0.2, 0.25) is 29.6 Å². The number of thiazole rings is 1. The standard InChI is InChI=1S/C61H79ClF2N10O12S/c1-8-50(79)72-18-20-73(21-19-72)58-43-33-44(62)52(53-45(63)10-9-11-47(53)76)54(64)55(43)69-60(70-58)65-17-16-51(80)71(7)22-23-82-24-25-83-26-27-84-28-29-85-30-31-86-36-49(78)68-57(61(4,5)6)59(81)74-35-42(75)32-46(74)48(77)34-66-38(2)40-12-14-41(15-13-40)56-39(3)67-37-87-56/h8-15,33,37-38,42,46,57,66,75-76H,1,16-32,34-36H2,2-7H3,(H,68,78)(H,65,69,70)/t38-,42+,46-,57+/m0/s1. The van der Waals surface area contributed by atoms with Gasteiger partial charge in [-0.1, -0.05) is 69.3 Å². The Kier molecular flexibility index (Phi) is 25.2. The van der Waals surface area contributed by atoms with Crippen LogP contribution in [0.5, 0.6) is 5.75 Å². The van der Waals surface area contributed by atoms with E-state index in [1.807, 2.05) is 69.3 Å². The molecular weight excluding hydrogens is 1170 g/mol. The summed E-state index contributed by atoms with van der Waals surface area (Å²) in [6, 6.07) is 11.1. The monoisotopic (exact) mass is 1250 g/mol. The highest BCUT2D eigenvalue weighted by atomic mass is 35.5. The fourth-order valence-electron chi connectivity index (χ4n) is 9.97. The Hall–Kier alpha value is -6.81. The maximum atomic E-state index is 16.5. The fraction of sp³-hybridized carbons (Fsp3) is 0.508. The van der Waals surface area contributed by atoms with E-state index in [1.54, 1.807) is 23.3 Å². The zero-order chi connectivity index (χ0) is 62.8. The van der Waals surface area contributed by atoms with Gasteiger partial charge in [-0.15, -0.1) is 11.3 Å². The number of anilines is 2. The molecule has 4 atom stereocenters. The predicted molar refractivity (Wildman–Crippen MR) is 327 cm³/mol. The van der Waals surface area contributed by atoms with Crippen molar-refractivity contribution in [3.63, 3.8) is 0 Å². The highest BCUT2D eigenvalue weighted by Gasteiger charge is 2.44. The largest absolute Gasteiger partial charge is 0.507 e. The molecule has 2 aromatic heterocycles. The van der Waals surface area contributed by atoms with Crippen LogP contribution in [-0.2, 0) is 47.7 Å². The number of amides is 4. The van der Waals surface area contributed by atoms with Crippen molar-refractivity contribution in [1.29, 1.82) is 0 Å². The Morgan fingerprint density at radius 3 is 2.16 bits per heavy atom. The Labute approximate surface area is 514 Å². The first-order chi connectivity index (χ1) is 41.7. The summed E-state index contributed by atoms with van der Waals surface area (Å²) in [5.74, 6) is -3.67. The van der Waals surface area contributed by atoms with Gasteiger partial charge in [0, 0.05) is 82.7 Å². The average Bonchev–Trinajstić information content (AvgIpc) is 1.56. The third kappa shape index (κ3) is 18.6. The Morgan fingerprint density at radius 2 is 1.55 bits per heavy atom. The van der Waals surface area contributed by atoms with Crippen LogP contribution in [0.2, 0.25) is 5.02 Å². The number of ether oxygens (including phenoxy) is 5. The lowest BCUT2D eigenvalue weighted by Crippen LogP contribution is -2.57. The van der Waals surface area contributed by atoms with Gasteiger partial charge in [0.25, 0.3) is 0 Å². The predicted octanol–water partition coefficient (Wildman–Crippen LogP) is 5.96. The first-order valence-corrected chi connectivity index (χ1v) is 30.2.